The van der Waals surface area contributed by atoms with Crippen molar-refractivity contribution in [2.75, 3.05) is 4.90 Å². The monoisotopic (exact) mass is 457 g/mol. The second-order valence-corrected chi connectivity index (χ2v) is 7.95. The summed E-state index contributed by atoms with van der Waals surface area (Å²) in [5.41, 5.74) is 1.62. The number of ether oxygens (including phenoxy) is 1. The maximum Gasteiger partial charge on any atom is 0.264 e. The average Bonchev–Trinajstić information content (AvgIpc) is 3.09. The number of rotatable bonds is 6. The van der Waals surface area contributed by atoms with Gasteiger partial charge in [0.1, 0.15) is 35.3 Å². The first kappa shape index (κ1) is 22.0. The van der Waals surface area contributed by atoms with Crippen LogP contribution < -0.4 is 4.90 Å². The molecule has 3 aromatic rings. The van der Waals surface area contributed by atoms with Gasteiger partial charge in [0.15, 0.2) is 0 Å². The van der Waals surface area contributed by atoms with Crippen LogP contribution in [-0.2, 0) is 4.74 Å². The Morgan fingerprint density at radius 1 is 0.938 bits per heavy atom. The Kier molecular flexibility index (Phi) is 6.25. The van der Waals surface area contributed by atoms with Crippen molar-refractivity contribution < 1.29 is 28.8 Å². The number of halogens is 2. The van der Waals surface area contributed by atoms with Gasteiger partial charge in [-0.25, -0.2) is 8.78 Å². The van der Waals surface area contributed by atoms with Crippen LogP contribution >= 0.6 is 12.2 Å². The van der Waals surface area contributed by atoms with Crippen LogP contribution in [0.2, 0.25) is 0 Å². The third-order valence-electron chi connectivity index (χ3n) is 5.50. The van der Waals surface area contributed by atoms with Crippen LogP contribution in [0, 0.1) is 11.6 Å². The van der Waals surface area contributed by atoms with Crippen LogP contribution in [0.1, 0.15) is 36.1 Å². The highest BCUT2D eigenvalue weighted by molar-refractivity contribution is 7.80. The average molecular weight is 457 g/mol. The largest absolute Gasteiger partial charge is 0.508 e. The van der Waals surface area contributed by atoms with E-state index in [4.69, 9.17) is 17.0 Å². The number of nitrogens with zero attached hydrogens (tertiary/aromatic N) is 1. The molecule has 4 rings (SSSR count). The number of aliphatic hydroxyl groups excluding tert-OH is 1. The first-order valence-electron chi connectivity index (χ1n) is 10.0. The molecular formula is C24H21F2NO4S. The van der Waals surface area contributed by atoms with Gasteiger partial charge in [0.2, 0.25) is 0 Å². The highest BCUT2D eigenvalue weighted by atomic mass is 32.1. The van der Waals surface area contributed by atoms with E-state index in [-0.39, 0.29) is 22.5 Å². The molecule has 3 N–H and O–H groups in total. The van der Waals surface area contributed by atoms with Crippen molar-refractivity contribution in [2.24, 2.45) is 0 Å². The zero-order valence-corrected chi connectivity index (χ0v) is 17.7. The maximum absolute atomic E-state index is 13.5. The zero-order valence-electron chi connectivity index (χ0n) is 16.9. The van der Waals surface area contributed by atoms with E-state index in [2.05, 4.69) is 0 Å². The van der Waals surface area contributed by atoms with Crippen molar-refractivity contribution in [3.05, 3.63) is 89.5 Å². The highest BCUT2D eigenvalue weighted by Gasteiger charge is 2.42. The molecule has 1 saturated heterocycles. The summed E-state index contributed by atoms with van der Waals surface area (Å²) in [6.07, 6.45) is -0.729. The molecular weight excluding hydrogens is 436 g/mol. The quantitative estimate of drug-likeness (QED) is 0.446. The summed E-state index contributed by atoms with van der Waals surface area (Å²) in [4.78, 5) is 1.68. The van der Waals surface area contributed by atoms with Crippen LogP contribution in [0.25, 0.3) is 0 Å². The molecule has 0 bridgehead atoms. The fourth-order valence-electron chi connectivity index (χ4n) is 3.91. The number of phenolic OH excluding ortho intramolecular Hbond substituents is 2. The van der Waals surface area contributed by atoms with E-state index in [1.165, 1.54) is 48.5 Å². The van der Waals surface area contributed by atoms with Crippen molar-refractivity contribution in [1.82, 2.24) is 0 Å². The Hall–Kier alpha value is -3.23. The molecule has 0 aliphatic carbocycles. The lowest BCUT2D eigenvalue weighted by Crippen LogP contribution is -2.29. The molecule has 3 atom stereocenters. The van der Waals surface area contributed by atoms with E-state index in [0.29, 0.717) is 29.7 Å². The van der Waals surface area contributed by atoms with Crippen LogP contribution in [0.4, 0.5) is 14.5 Å². The second-order valence-electron chi connectivity index (χ2n) is 7.60. The molecule has 0 amide bonds. The Bertz CT molecular complexity index is 1110. The maximum atomic E-state index is 13.5. The molecule has 5 nitrogen and oxygen atoms in total. The van der Waals surface area contributed by atoms with Gasteiger partial charge >= 0.3 is 0 Å². The first-order valence-corrected chi connectivity index (χ1v) is 10.4. The van der Waals surface area contributed by atoms with Gasteiger partial charge in [0.25, 0.3) is 5.17 Å². The van der Waals surface area contributed by atoms with Gasteiger partial charge in [-0.05, 0) is 79.2 Å². The Morgan fingerprint density at radius 3 is 2.19 bits per heavy atom. The van der Waals surface area contributed by atoms with E-state index in [1.54, 1.807) is 23.1 Å². The second kappa shape index (κ2) is 9.10. The van der Waals surface area contributed by atoms with E-state index in [0.717, 1.165) is 0 Å². The highest BCUT2D eigenvalue weighted by Crippen LogP contribution is 2.43. The van der Waals surface area contributed by atoms with Crippen molar-refractivity contribution in [3.63, 3.8) is 0 Å². The van der Waals surface area contributed by atoms with Crippen molar-refractivity contribution in [2.45, 2.75) is 31.1 Å². The molecule has 3 aromatic carbocycles. The van der Waals surface area contributed by atoms with E-state index in [9.17, 15) is 24.1 Å². The lowest BCUT2D eigenvalue weighted by Gasteiger charge is -2.27. The normalized spacial score (nSPS) is 19.1. The number of aliphatic hydroxyl groups is 1. The minimum atomic E-state index is -0.846. The van der Waals surface area contributed by atoms with Crippen LogP contribution in [0.15, 0.2) is 66.7 Å². The fourth-order valence-corrected chi connectivity index (χ4v) is 4.25. The van der Waals surface area contributed by atoms with E-state index in [1.807, 2.05) is 0 Å². The molecule has 32 heavy (non-hydrogen) atoms. The van der Waals surface area contributed by atoms with Gasteiger partial charge in [-0.2, -0.15) is 0 Å². The van der Waals surface area contributed by atoms with Crippen molar-refractivity contribution >= 4 is 23.1 Å². The van der Waals surface area contributed by atoms with Gasteiger partial charge < -0.3 is 20.1 Å². The summed E-state index contributed by atoms with van der Waals surface area (Å²) in [5.74, 6) is -1.02. The smallest absolute Gasteiger partial charge is 0.264 e. The summed E-state index contributed by atoms with van der Waals surface area (Å²) < 4.78 is 32.6. The lowest BCUT2D eigenvalue weighted by molar-refractivity contribution is 0.126. The molecule has 0 spiro atoms. The number of benzene rings is 3. The number of thiocarbonyl (C=S) groups is 1. The summed E-state index contributed by atoms with van der Waals surface area (Å²) in [6, 6.07) is 15.0. The number of hydrogen-bond acceptors (Lipinski definition) is 5. The third kappa shape index (κ3) is 4.51. The Balaban J connectivity index is 1.63. The van der Waals surface area contributed by atoms with Crippen molar-refractivity contribution in [1.29, 1.82) is 0 Å². The third-order valence-corrected chi connectivity index (χ3v) is 5.79. The Labute approximate surface area is 189 Å². The van der Waals surface area contributed by atoms with E-state index >= 15 is 0 Å². The van der Waals surface area contributed by atoms with Gasteiger partial charge in [-0.15, -0.1) is 0 Å². The summed E-state index contributed by atoms with van der Waals surface area (Å²) in [5, 5.41) is 30.9. The summed E-state index contributed by atoms with van der Waals surface area (Å²) >= 11 is 5.44. The van der Waals surface area contributed by atoms with Gasteiger partial charge in [0, 0.05) is 17.3 Å². The van der Waals surface area contributed by atoms with Gasteiger partial charge in [0.05, 0.1) is 6.10 Å². The van der Waals surface area contributed by atoms with Crippen LogP contribution in [0.5, 0.6) is 11.5 Å². The topological polar surface area (TPSA) is 73.2 Å². The lowest BCUT2D eigenvalue weighted by atomic mass is 9.94. The molecule has 1 heterocycles. The molecule has 1 aliphatic heterocycles. The zero-order chi connectivity index (χ0) is 22.8. The standard InChI is InChI=1S/C24H21F2NO4S/c25-15-3-1-14(2-4-15)20(29)11-12-22-23(19-10-9-18(28)13-21(19)30)27(24(32)31-22)17-7-5-16(26)6-8-17/h1-10,13,20,22-23,28-30H,11-12H2/t20-,22+,23+/m0/s1. The SMILES string of the molecule is Oc1ccc([C@@H]2[C@@H](CC[C@H](O)c3ccc(F)cc3)OC(=S)N2c2ccc(F)cc2)c(O)c1. The summed E-state index contributed by atoms with van der Waals surface area (Å²) in [7, 11) is 0. The molecule has 0 radical (unpaired) electrons. The molecule has 0 unspecified atom stereocenters. The minimum Gasteiger partial charge on any atom is -0.508 e. The van der Waals surface area contributed by atoms with Gasteiger partial charge in [-0.1, -0.05) is 12.1 Å². The predicted molar refractivity (Wildman–Crippen MR) is 119 cm³/mol. The number of phenols is 2. The van der Waals surface area contributed by atoms with Gasteiger partial charge in [-0.3, -0.25) is 4.90 Å². The van der Waals surface area contributed by atoms with Crippen LogP contribution in [-0.4, -0.2) is 26.6 Å². The molecule has 1 aliphatic rings. The minimum absolute atomic E-state index is 0.0932. The fraction of sp³-hybridized carbons (Fsp3) is 0.208. The number of hydrogen-bond donors (Lipinski definition) is 3. The predicted octanol–water partition coefficient (Wildman–Crippen LogP) is 5.12. The molecule has 0 saturated carbocycles. The molecule has 8 heteroatoms. The molecule has 166 valence electrons. The summed E-state index contributed by atoms with van der Waals surface area (Å²) in [6.45, 7) is 0. The number of anilines is 1. The first-order chi connectivity index (χ1) is 15.3. The van der Waals surface area contributed by atoms with Crippen molar-refractivity contribution in [3.8, 4) is 11.5 Å². The molecule has 0 aromatic heterocycles. The Morgan fingerprint density at radius 2 is 1.56 bits per heavy atom. The number of aromatic hydroxyl groups is 2. The van der Waals surface area contributed by atoms with Crippen LogP contribution in [0.3, 0.4) is 0 Å². The van der Waals surface area contributed by atoms with E-state index < -0.39 is 24.1 Å². The molecule has 1 fully saturated rings.